The summed E-state index contributed by atoms with van der Waals surface area (Å²) >= 11 is 0. The summed E-state index contributed by atoms with van der Waals surface area (Å²) < 4.78 is 2.24. The number of nitrogens with zero attached hydrogens (tertiary/aromatic N) is 4. The number of hydrogen-bond acceptors (Lipinski definition) is 2. The van der Waals surface area contributed by atoms with Gasteiger partial charge < -0.3 is 14.8 Å². The number of imidazole rings is 1. The predicted molar refractivity (Wildman–Crippen MR) is 82.9 cm³/mol. The van der Waals surface area contributed by atoms with Crippen molar-refractivity contribution in [2.45, 2.75) is 39.7 Å². The van der Waals surface area contributed by atoms with Crippen molar-refractivity contribution >= 4 is 5.96 Å². The molecule has 0 aliphatic carbocycles. The van der Waals surface area contributed by atoms with Crippen LogP contribution in [0.2, 0.25) is 0 Å². The Morgan fingerprint density at radius 3 is 2.95 bits per heavy atom. The fourth-order valence-electron chi connectivity index (χ4n) is 2.74. The van der Waals surface area contributed by atoms with Crippen molar-refractivity contribution in [1.29, 1.82) is 0 Å². The zero-order valence-corrected chi connectivity index (χ0v) is 12.9. The zero-order valence-electron chi connectivity index (χ0n) is 12.9. The summed E-state index contributed by atoms with van der Waals surface area (Å²) in [5.41, 5.74) is 0. The van der Waals surface area contributed by atoms with Gasteiger partial charge in [0.05, 0.1) is 12.4 Å². The molecule has 0 spiro atoms. The van der Waals surface area contributed by atoms with Crippen LogP contribution in [0.5, 0.6) is 0 Å². The smallest absolute Gasteiger partial charge is 0.193 e. The highest BCUT2D eigenvalue weighted by atomic mass is 15.3. The Morgan fingerprint density at radius 2 is 2.30 bits per heavy atom. The minimum Gasteiger partial charge on any atom is -0.357 e. The van der Waals surface area contributed by atoms with Crippen LogP contribution in [0, 0.1) is 5.92 Å². The first-order valence-electron chi connectivity index (χ1n) is 7.77. The largest absolute Gasteiger partial charge is 0.357 e. The van der Waals surface area contributed by atoms with Crippen LogP contribution < -0.4 is 5.32 Å². The number of guanidine groups is 1. The van der Waals surface area contributed by atoms with Gasteiger partial charge in [-0.05, 0) is 25.7 Å². The molecule has 2 heterocycles. The van der Waals surface area contributed by atoms with Crippen molar-refractivity contribution in [2.24, 2.45) is 10.9 Å². The fourth-order valence-corrected chi connectivity index (χ4v) is 2.74. The average molecular weight is 277 g/mol. The zero-order chi connectivity index (χ0) is 14.4. The topological polar surface area (TPSA) is 45.5 Å². The van der Waals surface area contributed by atoms with E-state index in [9.17, 15) is 0 Å². The van der Waals surface area contributed by atoms with Crippen LogP contribution in [0.1, 0.15) is 39.7 Å². The van der Waals surface area contributed by atoms with E-state index in [1.54, 1.807) is 0 Å². The van der Waals surface area contributed by atoms with Gasteiger partial charge in [0.15, 0.2) is 5.96 Å². The number of aliphatic imine (C=N–C) groups is 1. The molecule has 0 radical (unpaired) electrons. The van der Waals surface area contributed by atoms with Gasteiger partial charge in [0.2, 0.25) is 0 Å². The van der Waals surface area contributed by atoms with Crippen LogP contribution in [0.3, 0.4) is 0 Å². The summed E-state index contributed by atoms with van der Waals surface area (Å²) in [7, 11) is 0. The lowest BCUT2D eigenvalue weighted by atomic mass is 9.93. The molecule has 5 heteroatoms. The van der Waals surface area contributed by atoms with E-state index in [0.29, 0.717) is 12.0 Å². The summed E-state index contributed by atoms with van der Waals surface area (Å²) in [4.78, 5) is 11.3. The van der Waals surface area contributed by atoms with E-state index in [0.717, 1.165) is 38.6 Å². The number of hydrogen-bond donors (Lipinski definition) is 1. The molecule has 1 aromatic heterocycles. The first kappa shape index (κ1) is 14.9. The first-order chi connectivity index (χ1) is 9.76. The van der Waals surface area contributed by atoms with Gasteiger partial charge >= 0.3 is 0 Å². The third-order valence-electron chi connectivity index (χ3n) is 3.95. The van der Waals surface area contributed by atoms with E-state index in [4.69, 9.17) is 4.99 Å². The predicted octanol–water partition coefficient (Wildman–Crippen LogP) is 2.14. The van der Waals surface area contributed by atoms with E-state index in [2.05, 4.69) is 46.7 Å². The molecule has 1 aliphatic heterocycles. The van der Waals surface area contributed by atoms with Crippen molar-refractivity contribution < 1.29 is 0 Å². The number of aromatic nitrogens is 2. The van der Waals surface area contributed by atoms with Crippen LogP contribution in [0.4, 0.5) is 0 Å². The second kappa shape index (κ2) is 7.31. The second-order valence-corrected chi connectivity index (χ2v) is 5.52. The Bertz CT molecular complexity index is 412. The molecule has 5 nitrogen and oxygen atoms in total. The highest BCUT2D eigenvalue weighted by Crippen LogP contribution is 2.27. The number of piperidine rings is 1. The average Bonchev–Trinajstić information content (AvgIpc) is 2.98. The maximum absolute atomic E-state index is 4.70. The minimum absolute atomic E-state index is 0.483. The molecule has 0 aromatic carbocycles. The standard InChI is InChI=1S/C15H27N5/c1-4-7-18-15(17-5-2)19-9-6-13(3)14(11-19)20-10-8-16-12-20/h8,10,12-14H,4-7,9,11H2,1-3H3,(H,17,18). The molecular formula is C15H27N5. The van der Waals surface area contributed by atoms with Crippen LogP contribution in [-0.4, -0.2) is 46.6 Å². The molecule has 20 heavy (non-hydrogen) atoms. The van der Waals surface area contributed by atoms with Gasteiger partial charge in [-0.1, -0.05) is 13.8 Å². The van der Waals surface area contributed by atoms with Crippen LogP contribution in [-0.2, 0) is 0 Å². The van der Waals surface area contributed by atoms with E-state index in [-0.39, 0.29) is 0 Å². The number of nitrogens with one attached hydrogen (secondary N) is 1. The summed E-state index contributed by atoms with van der Waals surface area (Å²) in [6, 6.07) is 0.483. The maximum Gasteiger partial charge on any atom is 0.193 e. The van der Waals surface area contributed by atoms with Crippen LogP contribution in [0.25, 0.3) is 0 Å². The Labute approximate surface area is 122 Å². The molecule has 0 saturated carbocycles. The van der Waals surface area contributed by atoms with E-state index in [1.165, 1.54) is 6.42 Å². The summed E-state index contributed by atoms with van der Waals surface area (Å²) in [6.07, 6.45) is 8.15. The van der Waals surface area contributed by atoms with Gasteiger partial charge in [-0.3, -0.25) is 4.99 Å². The normalized spacial score (nSPS) is 23.9. The highest BCUT2D eigenvalue weighted by Gasteiger charge is 2.28. The molecule has 1 N–H and O–H groups in total. The summed E-state index contributed by atoms with van der Waals surface area (Å²) in [6.45, 7) is 10.5. The lowest BCUT2D eigenvalue weighted by Gasteiger charge is -2.39. The van der Waals surface area contributed by atoms with Crippen molar-refractivity contribution in [3.63, 3.8) is 0 Å². The number of rotatable bonds is 4. The first-order valence-corrected chi connectivity index (χ1v) is 7.77. The highest BCUT2D eigenvalue weighted by molar-refractivity contribution is 5.80. The van der Waals surface area contributed by atoms with Gasteiger partial charge in [0.25, 0.3) is 0 Å². The van der Waals surface area contributed by atoms with Gasteiger partial charge in [-0.15, -0.1) is 0 Å². The third kappa shape index (κ3) is 3.52. The Morgan fingerprint density at radius 1 is 1.45 bits per heavy atom. The van der Waals surface area contributed by atoms with Gasteiger partial charge in [0.1, 0.15) is 0 Å². The van der Waals surface area contributed by atoms with Gasteiger partial charge in [-0.2, -0.15) is 0 Å². The molecule has 1 fully saturated rings. The lowest BCUT2D eigenvalue weighted by molar-refractivity contribution is 0.189. The van der Waals surface area contributed by atoms with Crippen LogP contribution in [0.15, 0.2) is 23.7 Å². The molecule has 1 aliphatic rings. The van der Waals surface area contributed by atoms with Gasteiger partial charge in [0, 0.05) is 38.6 Å². The molecule has 2 unspecified atom stereocenters. The minimum atomic E-state index is 0.483. The molecular weight excluding hydrogens is 250 g/mol. The molecule has 2 atom stereocenters. The SMILES string of the molecule is CCCN=C(NCC)N1CCC(C)C(n2ccnc2)C1. The third-order valence-corrected chi connectivity index (χ3v) is 3.95. The molecule has 112 valence electrons. The van der Waals surface area contributed by atoms with Crippen LogP contribution >= 0.6 is 0 Å². The maximum atomic E-state index is 4.70. The van der Waals surface area contributed by atoms with E-state index in [1.807, 2.05) is 12.5 Å². The summed E-state index contributed by atoms with van der Waals surface area (Å²) in [5, 5.41) is 3.42. The Balaban J connectivity index is 2.08. The summed E-state index contributed by atoms with van der Waals surface area (Å²) in [5.74, 6) is 1.74. The second-order valence-electron chi connectivity index (χ2n) is 5.52. The molecule has 1 saturated heterocycles. The van der Waals surface area contributed by atoms with E-state index < -0.39 is 0 Å². The van der Waals surface area contributed by atoms with Crippen molar-refractivity contribution in [3.8, 4) is 0 Å². The van der Waals surface area contributed by atoms with Crippen molar-refractivity contribution in [3.05, 3.63) is 18.7 Å². The number of likely N-dealkylation sites (tertiary alicyclic amines) is 1. The Hall–Kier alpha value is -1.52. The quantitative estimate of drug-likeness (QED) is 0.677. The van der Waals surface area contributed by atoms with Crippen molar-refractivity contribution in [1.82, 2.24) is 19.8 Å². The molecule has 0 amide bonds. The van der Waals surface area contributed by atoms with E-state index >= 15 is 0 Å². The van der Waals surface area contributed by atoms with Crippen molar-refractivity contribution in [2.75, 3.05) is 26.2 Å². The van der Waals surface area contributed by atoms with Gasteiger partial charge in [-0.25, -0.2) is 4.98 Å². The molecule has 0 bridgehead atoms. The monoisotopic (exact) mass is 277 g/mol. The fraction of sp³-hybridized carbons (Fsp3) is 0.733. The molecule has 1 aromatic rings. The Kier molecular flexibility index (Phi) is 5.44. The lowest BCUT2D eigenvalue weighted by Crippen LogP contribution is -2.49. The molecule has 2 rings (SSSR count).